The molecule has 2 N–H and O–H groups in total. The minimum absolute atomic E-state index is 0.217. The lowest BCUT2D eigenvalue weighted by atomic mass is 9.97. The van der Waals surface area contributed by atoms with Crippen molar-refractivity contribution in [1.29, 1.82) is 0 Å². The quantitative estimate of drug-likeness (QED) is 0.892. The molecule has 1 aliphatic rings. The van der Waals surface area contributed by atoms with Crippen molar-refractivity contribution in [3.63, 3.8) is 0 Å². The van der Waals surface area contributed by atoms with Crippen LogP contribution in [-0.4, -0.2) is 34.4 Å². The lowest BCUT2D eigenvalue weighted by molar-refractivity contribution is -0.142. The first kappa shape index (κ1) is 14.1. The zero-order chi connectivity index (χ0) is 14.8. The first-order chi connectivity index (χ1) is 10.1. The van der Waals surface area contributed by atoms with E-state index >= 15 is 0 Å². The molecule has 21 heavy (non-hydrogen) atoms. The average molecular weight is 350 g/mol. The highest BCUT2D eigenvalue weighted by molar-refractivity contribution is 9.10. The molecule has 0 radical (unpaired) electrons. The number of carboxylic acids is 1. The summed E-state index contributed by atoms with van der Waals surface area (Å²) in [5.74, 6) is -0.0184. The highest BCUT2D eigenvalue weighted by Crippen LogP contribution is 2.26. The van der Waals surface area contributed by atoms with E-state index in [4.69, 9.17) is 5.11 Å². The normalized spacial score (nSPS) is 16.1. The van der Waals surface area contributed by atoms with E-state index in [2.05, 4.69) is 31.0 Å². The Bertz CT molecular complexity index is 631. The van der Waals surface area contributed by atoms with Gasteiger partial charge in [0.1, 0.15) is 0 Å². The number of aromatic amines is 1. The monoisotopic (exact) mass is 349 g/mol. The first-order valence-corrected chi connectivity index (χ1v) is 7.72. The summed E-state index contributed by atoms with van der Waals surface area (Å²) in [7, 11) is 0. The lowest BCUT2D eigenvalue weighted by Gasteiger charge is -2.29. The van der Waals surface area contributed by atoms with Crippen molar-refractivity contribution in [2.75, 3.05) is 18.0 Å². The lowest BCUT2D eigenvalue weighted by Crippen LogP contribution is -2.36. The van der Waals surface area contributed by atoms with Crippen molar-refractivity contribution in [1.82, 2.24) is 10.2 Å². The summed E-state index contributed by atoms with van der Waals surface area (Å²) >= 11 is 3.42. The van der Waals surface area contributed by atoms with Crippen LogP contribution in [0.4, 0.5) is 5.82 Å². The summed E-state index contributed by atoms with van der Waals surface area (Å²) in [6.45, 7) is 1.48. The molecule has 2 aromatic rings. The molecule has 1 aromatic carbocycles. The highest BCUT2D eigenvalue weighted by atomic mass is 79.9. The molecule has 1 aliphatic heterocycles. The Morgan fingerprint density at radius 3 is 2.57 bits per heavy atom. The van der Waals surface area contributed by atoms with Crippen molar-refractivity contribution in [3.8, 4) is 11.3 Å². The van der Waals surface area contributed by atoms with Crippen LogP contribution in [0.5, 0.6) is 0 Å². The third-order valence-electron chi connectivity index (χ3n) is 3.89. The standard InChI is InChI=1S/C15H16BrN3O2/c16-12-3-1-10(2-4-12)13-9-14(18-17-13)19-7-5-11(6-8-19)15(20)21/h1-4,9,11H,5-8H2,(H,17,18)(H,20,21). The minimum atomic E-state index is -0.688. The average Bonchev–Trinajstić information content (AvgIpc) is 2.98. The number of anilines is 1. The number of aliphatic carboxylic acids is 1. The smallest absolute Gasteiger partial charge is 0.306 e. The molecular weight excluding hydrogens is 334 g/mol. The number of nitrogens with zero attached hydrogens (tertiary/aromatic N) is 2. The van der Waals surface area contributed by atoms with Gasteiger partial charge in [0.05, 0.1) is 11.6 Å². The largest absolute Gasteiger partial charge is 0.481 e. The SMILES string of the molecule is O=C(O)C1CCN(c2cc(-c3ccc(Br)cc3)[nH]n2)CC1. The van der Waals surface area contributed by atoms with Crippen LogP contribution in [-0.2, 0) is 4.79 Å². The van der Waals surface area contributed by atoms with E-state index in [-0.39, 0.29) is 5.92 Å². The molecule has 0 amide bonds. The maximum absolute atomic E-state index is 11.0. The molecule has 0 atom stereocenters. The van der Waals surface area contributed by atoms with Gasteiger partial charge in [-0.1, -0.05) is 28.1 Å². The number of piperidine rings is 1. The summed E-state index contributed by atoms with van der Waals surface area (Å²) in [5, 5.41) is 16.4. The zero-order valence-corrected chi connectivity index (χ0v) is 13.0. The van der Waals surface area contributed by atoms with Gasteiger partial charge in [-0.3, -0.25) is 9.89 Å². The van der Waals surface area contributed by atoms with Crippen molar-refractivity contribution in [2.24, 2.45) is 5.92 Å². The molecule has 0 aliphatic carbocycles. The molecule has 1 fully saturated rings. The second-order valence-electron chi connectivity index (χ2n) is 5.25. The summed E-state index contributed by atoms with van der Waals surface area (Å²) in [6, 6.07) is 10.1. The topological polar surface area (TPSA) is 69.2 Å². The zero-order valence-electron chi connectivity index (χ0n) is 11.4. The molecule has 110 valence electrons. The van der Waals surface area contributed by atoms with Crippen LogP contribution in [0.2, 0.25) is 0 Å². The molecular formula is C15H16BrN3O2. The van der Waals surface area contributed by atoms with E-state index in [0.29, 0.717) is 12.8 Å². The number of H-pyrrole nitrogens is 1. The fourth-order valence-electron chi connectivity index (χ4n) is 2.61. The van der Waals surface area contributed by atoms with Gasteiger partial charge in [0.2, 0.25) is 0 Å². The molecule has 0 saturated carbocycles. The summed E-state index contributed by atoms with van der Waals surface area (Å²) in [5.41, 5.74) is 2.05. The molecule has 0 unspecified atom stereocenters. The number of benzene rings is 1. The number of rotatable bonds is 3. The van der Waals surface area contributed by atoms with E-state index in [1.165, 1.54) is 0 Å². The Hall–Kier alpha value is -1.82. The molecule has 0 spiro atoms. The van der Waals surface area contributed by atoms with Crippen LogP contribution < -0.4 is 4.90 Å². The van der Waals surface area contributed by atoms with Crippen LogP contribution in [0.3, 0.4) is 0 Å². The van der Waals surface area contributed by atoms with Crippen molar-refractivity contribution in [2.45, 2.75) is 12.8 Å². The molecule has 1 aromatic heterocycles. The van der Waals surface area contributed by atoms with E-state index in [1.54, 1.807) is 0 Å². The van der Waals surface area contributed by atoms with Gasteiger partial charge in [0.15, 0.2) is 5.82 Å². The van der Waals surface area contributed by atoms with Gasteiger partial charge in [-0.25, -0.2) is 0 Å². The Kier molecular flexibility index (Phi) is 3.96. The van der Waals surface area contributed by atoms with Crippen LogP contribution in [0, 0.1) is 5.92 Å². The number of hydrogen-bond donors (Lipinski definition) is 2. The second kappa shape index (κ2) is 5.89. The molecule has 2 heterocycles. The summed E-state index contributed by atoms with van der Waals surface area (Å²) in [4.78, 5) is 13.1. The molecule has 0 bridgehead atoms. The molecule has 3 rings (SSSR count). The second-order valence-corrected chi connectivity index (χ2v) is 6.16. The van der Waals surface area contributed by atoms with Crippen LogP contribution in [0.15, 0.2) is 34.8 Å². The van der Waals surface area contributed by atoms with Crippen LogP contribution >= 0.6 is 15.9 Å². The molecule has 1 saturated heterocycles. The van der Waals surface area contributed by atoms with Crippen molar-refractivity contribution < 1.29 is 9.90 Å². The first-order valence-electron chi connectivity index (χ1n) is 6.92. The Labute approximate surface area is 131 Å². The van der Waals surface area contributed by atoms with E-state index in [9.17, 15) is 4.79 Å². The summed E-state index contributed by atoms with van der Waals surface area (Å²) < 4.78 is 1.04. The van der Waals surface area contributed by atoms with Crippen molar-refractivity contribution >= 4 is 27.7 Å². The molecule has 5 nitrogen and oxygen atoms in total. The Balaban J connectivity index is 1.71. The minimum Gasteiger partial charge on any atom is -0.481 e. The Morgan fingerprint density at radius 2 is 1.95 bits per heavy atom. The number of carbonyl (C=O) groups is 1. The Morgan fingerprint density at radius 1 is 1.29 bits per heavy atom. The maximum Gasteiger partial charge on any atom is 0.306 e. The molecule has 6 heteroatoms. The van der Waals surface area contributed by atoms with Gasteiger partial charge in [-0.15, -0.1) is 0 Å². The number of carboxylic acid groups (broad SMARTS) is 1. The van der Waals surface area contributed by atoms with E-state index < -0.39 is 5.97 Å². The predicted octanol–water partition coefficient (Wildman–Crippen LogP) is 3.14. The third kappa shape index (κ3) is 3.10. The third-order valence-corrected chi connectivity index (χ3v) is 4.42. The van der Waals surface area contributed by atoms with Gasteiger partial charge in [0.25, 0.3) is 0 Å². The summed E-state index contributed by atoms with van der Waals surface area (Å²) in [6.07, 6.45) is 1.35. The van der Waals surface area contributed by atoms with Gasteiger partial charge in [-0.2, -0.15) is 5.10 Å². The fraction of sp³-hybridized carbons (Fsp3) is 0.333. The van der Waals surface area contributed by atoms with E-state index in [0.717, 1.165) is 34.6 Å². The van der Waals surface area contributed by atoms with Crippen LogP contribution in [0.25, 0.3) is 11.3 Å². The van der Waals surface area contributed by atoms with Gasteiger partial charge >= 0.3 is 5.97 Å². The van der Waals surface area contributed by atoms with Gasteiger partial charge in [-0.05, 0) is 30.5 Å². The van der Waals surface area contributed by atoms with Gasteiger partial charge in [0, 0.05) is 23.6 Å². The number of nitrogens with one attached hydrogen (secondary N) is 1. The van der Waals surface area contributed by atoms with E-state index in [1.807, 2.05) is 30.3 Å². The predicted molar refractivity (Wildman–Crippen MR) is 84.3 cm³/mol. The van der Waals surface area contributed by atoms with Gasteiger partial charge < -0.3 is 10.0 Å². The maximum atomic E-state index is 11.0. The van der Waals surface area contributed by atoms with Crippen LogP contribution in [0.1, 0.15) is 12.8 Å². The van der Waals surface area contributed by atoms with Crippen molar-refractivity contribution in [3.05, 3.63) is 34.8 Å². The fourth-order valence-corrected chi connectivity index (χ4v) is 2.87. The highest BCUT2D eigenvalue weighted by Gasteiger charge is 2.25. The number of hydrogen-bond acceptors (Lipinski definition) is 3. The number of halogens is 1. The number of aromatic nitrogens is 2.